The van der Waals surface area contributed by atoms with Crippen LogP contribution in [-0.4, -0.2) is 131 Å². The number of benzene rings is 3. The molecule has 1 aliphatic carbocycles. The van der Waals surface area contributed by atoms with Crippen molar-refractivity contribution in [2.75, 3.05) is 48.5 Å². The number of likely N-dealkylation sites (N-methyl/N-ethyl adjacent to an activating group) is 2. The zero-order valence-electron chi connectivity index (χ0n) is 41.9. The maximum absolute atomic E-state index is 15.1. The lowest BCUT2D eigenvalue weighted by molar-refractivity contribution is -0.147. The van der Waals surface area contributed by atoms with Crippen LogP contribution in [0.25, 0.3) is 11.3 Å². The number of aromatic nitrogens is 2. The molecule has 70 heavy (non-hydrogen) atoms. The topological polar surface area (TPSA) is 159 Å². The Bertz CT molecular complexity index is 2420. The largest absolute Gasteiger partial charge is 0.457 e. The van der Waals surface area contributed by atoms with Gasteiger partial charge in [-0.15, -0.1) is 0 Å². The number of imidazole rings is 1. The minimum Gasteiger partial charge on any atom is -0.457 e. The predicted molar refractivity (Wildman–Crippen MR) is 272 cm³/mol. The van der Waals surface area contributed by atoms with Gasteiger partial charge in [0, 0.05) is 86.8 Å². The van der Waals surface area contributed by atoms with Crippen molar-refractivity contribution < 1.29 is 33.4 Å². The zero-order chi connectivity index (χ0) is 50.6. The molecule has 3 aromatic carbocycles. The fraction of sp³-hybridized carbons (Fsp3) is 0.509. The summed E-state index contributed by atoms with van der Waals surface area (Å²) in [7, 11) is 10.7. The van der Waals surface area contributed by atoms with Crippen LogP contribution in [0.1, 0.15) is 82.2 Å². The summed E-state index contributed by atoms with van der Waals surface area (Å²) in [6.45, 7) is 4.06. The van der Waals surface area contributed by atoms with Gasteiger partial charge in [-0.2, -0.15) is 0 Å². The zero-order valence-corrected chi connectivity index (χ0v) is 43.4. The second kappa shape index (κ2) is 25.1. The summed E-state index contributed by atoms with van der Waals surface area (Å²) in [6.07, 6.45) is 7.61. The summed E-state index contributed by atoms with van der Waals surface area (Å²) in [5, 5.41) is 6.83. The monoisotopic (exact) mass is 1000 g/mol. The van der Waals surface area contributed by atoms with Crippen LogP contribution in [0, 0.1) is 11.8 Å². The molecular formula is C53H70Cl2N8O7. The number of carbonyl (C=O) groups is 5. The molecule has 17 heteroatoms. The third-order valence-corrected chi connectivity index (χ3v) is 14.3. The number of carbonyl (C=O) groups excluding carboxylic acids is 5. The van der Waals surface area contributed by atoms with E-state index < -0.39 is 47.8 Å². The number of halogens is 2. The Labute approximate surface area is 423 Å². The van der Waals surface area contributed by atoms with Gasteiger partial charge >= 0.3 is 0 Å². The van der Waals surface area contributed by atoms with Gasteiger partial charge in [-0.3, -0.25) is 24.0 Å². The number of hydrogen-bond donors (Lipinski definition) is 2. The first-order valence-corrected chi connectivity index (χ1v) is 25.0. The first-order chi connectivity index (χ1) is 33.4. The summed E-state index contributed by atoms with van der Waals surface area (Å²) in [5.74, 6) is -0.640. The molecule has 5 atom stereocenters. The number of ether oxygens (including phenoxy) is 2. The van der Waals surface area contributed by atoms with Crippen molar-refractivity contribution >= 4 is 52.7 Å². The van der Waals surface area contributed by atoms with Gasteiger partial charge in [0.15, 0.2) is 0 Å². The number of nitrogens with one attached hydrogen (secondary N) is 2. The summed E-state index contributed by atoms with van der Waals surface area (Å²) in [6, 6.07) is 16.6. The third-order valence-electron chi connectivity index (χ3n) is 13.8. The highest BCUT2D eigenvalue weighted by Crippen LogP contribution is 2.34. The molecule has 1 aromatic heterocycles. The molecule has 2 aliphatic rings. The molecule has 0 bridgehead atoms. The molecule has 5 amide bonds. The highest BCUT2D eigenvalue weighted by atomic mass is 35.5. The number of rotatable bonds is 13. The van der Waals surface area contributed by atoms with Crippen LogP contribution in [0.3, 0.4) is 0 Å². The summed E-state index contributed by atoms with van der Waals surface area (Å²) in [4.78, 5) is 83.7. The normalized spacial score (nSPS) is 22.0. The molecule has 1 saturated carbocycles. The molecule has 378 valence electrons. The van der Waals surface area contributed by atoms with Gasteiger partial charge < -0.3 is 44.3 Å². The Morgan fingerprint density at radius 1 is 0.829 bits per heavy atom. The van der Waals surface area contributed by atoms with Gasteiger partial charge in [-0.1, -0.05) is 73.5 Å². The molecule has 1 aliphatic heterocycles. The van der Waals surface area contributed by atoms with Gasteiger partial charge in [0.25, 0.3) is 0 Å². The summed E-state index contributed by atoms with van der Waals surface area (Å²) < 4.78 is 14.1. The van der Waals surface area contributed by atoms with E-state index in [9.17, 15) is 19.2 Å². The molecular weight excluding hydrogens is 932 g/mol. The van der Waals surface area contributed by atoms with Crippen molar-refractivity contribution in [1.29, 1.82) is 0 Å². The fourth-order valence-electron chi connectivity index (χ4n) is 9.40. The maximum atomic E-state index is 15.1. The second-order valence-electron chi connectivity index (χ2n) is 19.3. The van der Waals surface area contributed by atoms with Crippen LogP contribution in [0.15, 0.2) is 72.9 Å². The Balaban J connectivity index is 1.35. The van der Waals surface area contributed by atoms with Crippen LogP contribution < -0.4 is 15.4 Å². The van der Waals surface area contributed by atoms with E-state index in [0.717, 1.165) is 54.7 Å². The molecule has 1 saturated heterocycles. The number of methoxy groups -OCH3 is 1. The molecule has 2 fully saturated rings. The quantitative estimate of drug-likeness (QED) is 0.138. The molecule has 6 rings (SSSR count). The Hall–Kier alpha value is -5.48. The second-order valence-corrected chi connectivity index (χ2v) is 20.2. The number of nitrogens with zero attached hydrogens (tertiary/aromatic N) is 6. The van der Waals surface area contributed by atoms with Gasteiger partial charge in [0.1, 0.15) is 29.4 Å². The van der Waals surface area contributed by atoms with Crippen molar-refractivity contribution in [2.24, 2.45) is 18.9 Å². The van der Waals surface area contributed by atoms with Crippen molar-refractivity contribution in [3.63, 3.8) is 0 Å². The smallest absolute Gasteiger partial charge is 0.247 e. The lowest BCUT2D eigenvalue weighted by Gasteiger charge is -2.36. The minimum atomic E-state index is -1.17. The molecule has 4 aromatic rings. The van der Waals surface area contributed by atoms with E-state index in [4.69, 9.17) is 32.7 Å². The molecule has 15 nitrogen and oxygen atoms in total. The van der Waals surface area contributed by atoms with Crippen LogP contribution in [0.2, 0.25) is 10.0 Å². The highest BCUT2D eigenvalue weighted by Gasteiger charge is 2.37. The van der Waals surface area contributed by atoms with Crippen LogP contribution in [0.5, 0.6) is 11.5 Å². The molecule has 2 heterocycles. The maximum Gasteiger partial charge on any atom is 0.247 e. The SMILES string of the molecule is COC[C@@H]1NC(=O)[C@H](C)N(Cc2ccc(Cl)cc2Oc2ccc(-c3cnc(CN(C)C)n3C)cc2)C(=O)C[C@@H](CC2CCCCC2)C(=O)N(C)[C@@H](C)CNC(=O)C[C@H](Cc2ccc(Cl)cc2)N(C)C1=O. The van der Waals surface area contributed by atoms with Gasteiger partial charge in [0.05, 0.1) is 31.6 Å². The Morgan fingerprint density at radius 2 is 1.51 bits per heavy atom. The first-order valence-electron chi connectivity index (χ1n) is 24.3. The minimum absolute atomic E-state index is 0.0518. The predicted octanol–water partition coefficient (Wildman–Crippen LogP) is 7.51. The lowest BCUT2D eigenvalue weighted by atomic mass is 9.81. The van der Waals surface area contributed by atoms with E-state index in [0.29, 0.717) is 46.5 Å². The average Bonchev–Trinajstić information content (AvgIpc) is 3.70. The Morgan fingerprint density at radius 3 is 2.19 bits per heavy atom. The van der Waals surface area contributed by atoms with Crippen LogP contribution in [0.4, 0.5) is 0 Å². The van der Waals surface area contributed by atoms with Gasteiger partial charge in [-0.25, -0.2) is 4.98 Å². The average molecular weight is 1000 g/mol. The standard InChI is InChI=1S/C53H70Cl2N8O7/c1-34-29-57-49(64)28-43(25-37-14-19-41(54)20-15-37)61(6)53(68)45(33-69-8)58-51(66)35(2)63(50(65)26-40(52(67)60(34)5)24-36-12-10-9-11-13-36)31-39-16-21-42(55)27-47(39)70-44-22-17-38(18-23-44)46-30-56-48(62(46)7)32-59(3)4/h14-23,27,30,34-36,40,43,45H,9-13,24-26,28-29,31-33H2,1-8H3,(H,57,64)(H,58,66)/t34-,35-,40+,43-,45-/m0/s1. The van der Waals surface area contributed by atoms with Crippen LogP contribution in [-0.2, 0) is 55.3 Å². The van der Waals surface area contributed by atoms with E-state index in [1.54, 1.807) is 56.3 Å². The molecule has 2 N–H and O–H groups in total. The van der Waals surface area contributed by atoms with Gasteiger partial charge in [0.2, 0.25) is 29.5 Å². The van der Waals surface area contributed by atoms with Crippen molar-refractivity contribution in [3.8, 4) is 22.8 Å². The Kier molecular flexibility index (Phi) is 19.3. The van der Waals surface area contributed by atoms with E-state index in [1.807, 2.05) is 70.7 Å². The van der Waals surface area contributed by atoms with Crippen molar-refractivity contribution in [3.05, 3.63) is 99.9 Å². The number of hydrogen-bond acceptors (Lipinski definition) is 9. The third kappa shape index (κ3) is 14.3. The van der Waals surface area contributed by atoms with E-state index in [-0.39, 0.29) is 50.3 Å². The van der Waals surface area contributed by atoms with Gasteiger partial charge in [-0.05, 0) is 101 Å². The first kappa shape index (κ1) is 53.9. The molecule has 0 unspecified atom stereocenters. The van der Waals surface area contributed by atoms with E-state index in [1.165, 1.54) is 16.9 Å². The summed E-state index contributed by atoms with van der Waals surface area (Å²) in [5.41, 5.74) is 3.31. The highest BCUT2D eigenvalue weighted by molar-refractivity contribution is 6.31. The fourth-order valence-corrected chi connectivity index (χ4v) is 9.69. The van der Waals surface area contributed by atoms with Crippen molar-refractivity contribution in [2.45, 2.75) is 109 Å². The van der Waals surface area contributed by atoms with E-state index >= 15 is 4.79 Å². The lowest BCUT2D eigenvalue weighted by Crippen LogP contribution is -2.57. The van der Waals surface area contributed by atoms with E-state index in [2.05, 4.69) is 25.1 Å². The van der Waals surface area contributed by atoms with Crippen LogP contribution >= 0.6 is 23.2 Å². The molecule has 0 radical (unpaired) electrons. The number of amides is 5. The summed E-state index contributed by atoms with van der Waals surface area (Å²) >= 11 is 12.8. The van der Waals surface area contributed by atoms with Crippen molar-refractivity contribution in [1.82, 2.24) is 39.8 Å². The molecule has 0 spiro atoms.